The molecule has 1 saturated carbocycles. The van der Waals surface area contributed by atoms with Gasteiger partial charge in [0.25, 0.3) is 0 Å². The third kappa shape index (κ3) is 1.61. The van der Waals surface area contributed by atoms with E-state index in [9.17, 15) is 8.78 Å². The van der Waals surface area contributed by atoms with Crippen molar-refractivity contribution in [2.45, 2.75) is 31.1 Å². The third-order valence-corrected chi connectivity index (χ3v) is 3.12. The van der Waals surface area contributed by atoms with Gasteiger partial charge in [0.15, 0.2) is 0 Å². The summed E-state index contributed by atoms with van der Waals surface area (Å²) in [5, 5.41) is 9.15. The predicted molar refractivity (Wildman–Crippen MR) is 52.1 cm³/mol. The molecule has 2 rings (SSSR count). The number of halogens is 2. The largest absolute Gasteiger partial charge is 0.207 e. The molecule has 78 valence electrons. The average Bonchev–Trinajstić information content (AvgIpc) is 2.71. The number of hydrogen-bond donors (Lipinski definition) is 0. The maximum Gasteiger partial charge on any atom is 0.128 e. The molecule has 0 amide bonds. The van der Waals surface area contributed by atoms with E-state index in [1.54, 1.807) is 0 Å². The van der Waals surface area contributed by atoms with E-state index in [0.29, 0.717) is 12.8 Å². The van der Waals surface area contributed by atoms with Crippen molar-refractivity contribution < 1.29 is 8.78 Å². The number of nitrogens with zero attached hydrogens (tertiary/aromatic N) is 1. The van der Waals surface area contributed by atoms with Crippen LogP contribution in [-0.4, -0.2) is 0 Å². The standard InChI is InChI=1S/C12H11F2N/c13-9-3-4-11(14)10(7-9)12(8-15)5-1-2-6-12/h3-4,7H,1-2,5-6H2. The molecule has 3 heteroatoms. The minimum atomic E-state index is -0.799. The summed E-state index contributed by atoms with van der Waals surface area (Å²) in [7, 11) is 0. The van der Waals surface area contributed by atoms with Crippen molar-refractivity contribution in [3.63, 3.8) is 0 Å². The van der Waals surface area contributed by atoms with E-state index in [1.807, 2.05) is 0 Å². The summed E-state index contributed by atoms with van der Waals surface area (Å²) in [6, 6.07) is 5.49. The van der Waals surface area contributed by atoms with E-state index in [-0.39, 0.29) is 5.56 Å². The minimum Gasteiger partial charge on any atom is -0.207 e. The van der Waals surface area contributed by atoms with Crippen molar-refractivity contribution in [3.8, 4) is 6.07 Å². The second-order valence-corrected chi connectivity index (χ2v) is 4.03. The van der Waals surface area contributed by atoms with Crippen LogP contribution in [0.1, 0.15) is 31.2 Å². The highest BCUT2D eigenvalue weighted by molar-refractivity contribution is 5.35. The summed E-state index contributed by atoms with van der Waals surface area (Å²) in [5.41, 5.74) is -0.575. The predicted octanol–water partition coefficient (Wildman–Crippen LogP) is 3.30. The summed E-state index contributed by atoms with van der Waals surface area (Å²) >= 11 is 0. The molecule has 1 aromatic carbocycles. The summed E-state index contributed by atoms with van der Waals surface area (Å²) in [4.78, 5) is 0. The van der Waals surface area contributed by atoms with Gasteiger partial charge in [-0.1, -0.05) is 12.8 Å². The zero-order chi connectivity index (χ0) is 10.9. The minimum absolute atomic E-state index is 0.225. The van der Waals surface area contributed by atoms with Gasteiger partial charge in [-0.2, -0.15) is 5.26 Å². The molecule has 1 fully saturated rings. The SMILES string of the molecule is N#CC1(c2cc(F)ccc2F)CCCC1. The second-order valence-electron chi connectivity index (χ2n) is 4.03. The van der Waals surface area contributed by atoms with Crippen LogP contribution < -0.4 is 0 Å². The first-order chi connectivity index (χ1) is 7.18. The molecule has 0 saturated heterocycles. The quantitative estimate of drug-likeness (QED) is 0.693. The van der Waals surface area contributed by atoms with Crippen LogP contribution in [-0.2, 0) is 5.41 Å². The average molecular weight is 207 g/mol. The first kappa shape index (κ1) is 10.1. The van der Waals surface area contributed by atoms with Crippen LogP contribution in [0.3, 0.4) is 0 Å². The lowest BCUT2D eigenvalue weighted by atomic mass is 9.80. The Hall–Kier alpha value is -1.43. The molecule has 0 N–H and O–H groups in total. The zero-order valence-electron chi connectivity index (χ0n) is 8.26. The van der Waals surface area contributed by atoms with Gasteiger partial charge in [-0.15, -0.1) is 0 Å². The van der Waals surface area contributed by atoms with E-state index in [4.69, 9.17) is 5.26 Å². The Morgan fingerprint density at radius 1 is 1.20 bits per heavy atom. The lowest BCUT2D eigenvalue weighted by Gasteiger charge is -2.21. The van der Waals surface area contributed by atoms with Crippen molar-refractivity contribution >= 4 is 0 Å². The summed E-state index contributed by atoms with van der Waals surface area (Å²) < 4.78 is 26.6. The van der Waals surface area contributed by atoms with Crippen LogP contribution in [0.15, 0.2) is 18.2 Å². The highest BCUT2D eigenvalue weighted by Gasteiger charge is 2.38. The summed E-state index contributed by atoms with van der Waals surface area (Å²) in [6.07, 6.45) is 3.07. The lowest BCUT2D eigenvalue weighted by molar-refractivity contribution is 0.505. The molecule has 1 aliphatic carbocycles. The maximum atomic E-state index is 13.5. The smallest absolute Gasteiger partial charge is 0.128 e. The molecule has 0 heterocycles. The first-order valence-corrected chi connectivity index (χ1v) is 5.05. The fourth-order valence-corrected chi connectivity index (χ4v) is 2.28. The van der Waals surface area contributed by atoms with Crippen molar-refractivity contribution in [2.75, 3.05) is 0 Å². The van der Waals surface area contributed by atoms with Crippen LogP contribution in [0.25, 0.3) is 0 Å². The van der Waals surface area contributed by atoms with Gasteiger partial charge in [-0.05, 0) is 31.0 Å². The highest BCUT2D eigenvalue weighted by Crippen LogP contribution is 2.41. The van der Waals surface area contributed by atoms with Crippen molar-refractivity contribution in [1.29, 1.82) is 5.26 Å². The van der Waals surface area contributed by atoms with E-state index in [1.165, 1.54) is 0 Å². The highest BCUT2D eigenvalue weighted by atomic mass is 19.1. The molecule has 0 atom stereocenters. The normalized spacial score (nSPS) is 18.7. The Kier molecular flexibility index (Phi) is 2.44. The van der Waals surface area contributed by atoms with Gasteiger partial charge in [0, 0.05) is 5.56 Å². The molecule has 0 bridgehead atoms. The summed E-state index contributed by atoms with van der Waals surface area (Å²) in [5.74, 6) is -0.951. The number of hydrogen-bond acceptors (Lipinski definition) is 1. The van der Waals surface area contributed by atoms with E-state index in [0.717, 1.165) is 31.0 Å². The van der Waals surface area contributed by atoms with Crippen LogP contribution in [0.5, 0.6) is 0 Å². The second kappa shape index (κ2) is 3.62. The topological polar surface area (TPSA) is 23.8 Å². The van der Waals surface area contributed by atoms with Crippen molar-refractivity contribution in [2.24, 2.45) is 0 Å². The van der Waals surface area contributed by atoms with Crippen LogP contribution >= 0.6 is 0 Å². The molecule has 1 nitrogen and oxygen atoms in total. The van der Waals surface area contributed by atoms with Crippen LogP contribution in [0.2, 0.25) is 0 Å². The Labute approximate surface area is 87.3 Å². The van der Waals surface area contributed by atoms with Gasteiger partial charge >= 0.3 is 0 Å². The molecule has 0 radical (unpaired) electrons. The van der Waals surface area contributed by atoms with Gasteiger partial charge in [-0.25, -0.2) is 8.78 Å². The molecule has 15 heavy (non-hydrogen) atoms. The Balaban J connectivity index is 2.52. The molecular weight excluding hydrogens is 196 g/mol. The molecule has 0 aromatic heterocycles. The fraction of sp³-hybridized carbons (Fsp3) is 0.417. The lowest BCUT2D eigenvalue weighted by Crippen LogP contribution is -2.21. The van der Waals surface area contributed by atoms with Crippen molar-refractivity contribution in [1.82, 2.24) is 0 Å². The summed E-state index contributed by atoms with van der Waals surface area (Å²) in [6.45, 7) is 0. The van der Waals surface area contributed by atoms with Crippen molar-refractivity contribution in [3.05, 3.63) is 35.4 Å². The molecule has 0 aliphatic heterocycles. The van der Waals surface area contributed by atoms with Gasteiger partial charge in [-0.3, -0.25) is 0 Å². The van der Waals surface area contributed by atoms with Crippen LogP contribution in [0.4, 0.5) is 8.78 Å². The van der Waals surface area contributed by atoms with Gasteiger partial charge < -0.3 is 0 Å². The van der Waals surface area contributed by atoms with E-state index < -0.39 is 17.0 Å². The monoisotopic (exact) mass is 207 g/mol. The molecule has 0 spiro atoms. The first-order valence-electron chi connectivity index (χ1n) is 5.05. The zero-order valence-corrected chi connectivity index (χ0v) is 8.26. The van der Waals surface area contributed by atoms with Crippen LogP contribution in [0, 0.1) is 23.0 Å². The third-order valence-electron chi connectivity index (χ3n) is 3.12. The molecule has 1 aromatic rings. The molecule has 0 unspecified atom stereocenters. The van der Waals surface area contributed by atoms with Gasteiger partial charge in [0.05, 0.1) is 11.5 Å². The number of nitriles is 1. The molecular formula is C12H11F2N. The van der Waals surface area contributed by atoms with Gasteiger partial charge in [0.1, 0.15) is 11.6 Å². The van der Waals surface area contributed by atoms with Gasteiger partial charge in [0.2, 0.25) is 0 Å². The van der Waals surface area contributed by atoms with E-state index >= 15 is 0 Å². The Bertz CT molecular complexity index is 414. The Morgan fingerprint density at radius 2 is 1.87 bits per heavy atom. The fourth-order valence-electron chi connectivity index (χ4n) is 2.28. The Morgan fingerprint density at radius 3 is 2.47 bits per heavy atom. The number of rotatable bonds is 1. The molecule has 1 aliphatic rings. The maximum absolute atomic E-state index is 13.5. The van der Waals surface area contributed by atoms with E-state index in [2.05, 4.69) is 6.07 Å². The number of benzene rings is 1.